The number of methoxy groups -OCH3 is 1. The van der Waals surface area contributed by atoms with Gasteiger partial charge in [0.15, 0.2) is 0 Å². The highest BCUT2D eigenvalue weighted by Gasteiger charge is 2.36. The van der Waals surface area contributed by atoms with Crippen molar-refractivity contribution in [1.82, 2.24) is 4.90 Å². The number of hydrogen-bond donors (Lipinski definition) is 1. The summed E-state index contributed by atoms with van der Waals surface area (Å²) in [5.41, 5.74) is 2.54. The van der Waals surface area contributed by atoms with E-state index in [1.807, 2.05) is 48.5 Å². The number of nitrogens with zero attached hydrogens (tertiary/aromatic N) is 3. The number of likely N-dealkylation sites (N-methyl/N-ethyl adjacent to an activating group) is 1. The average molecular weight is 409 g/mol. The molecule has 2 heterocycles. The first kappa shape index (κ1) is 20.2. The molecule has 30 heavy (non-hydrogen) atoms. The van der Waals surface area contributed by atoms with Crippen molar-refractivity contribution in [3.8, 4) is 5.75 Å². The van der Waals surface area contributed by atoms with Crippen LogP contribution in [0.2, 0.25) is 0 Å². The summed E-state index contributed by atoms with van der Waals surface area (Å²) in [6.07, 6.45) is 0.195. The largest absolute Gasteiger partial charge is 0.495 e. The molecule has 0 bridgehead atoms. The Balaban J connectivity index is 1.47. The van der Waals surface area contributed by atoms with Gasteiger partial charge in [0.2, 0.25) is 11.8 Å². The molecule has 2 fully saturated rings. The molecule has 0 spiro atoms. The molecule has 1 atom stereocenters. The first-order valence-corrected chi connectivity index (χ1v) is 10.3. The zero-order valence-electron chi connectivity index (χ0n) is 17.5. The average Bonchev–Trinajstić information content (AvgIpc) is 3.16. The quantitative estimate of drug-likeness (QED) is 0.823. The van der Waals surface area contributed by atoms with Crippen LogP contribution in [0.5, 0.6) is 5.75 Å². The maximum absolute atomic E-state index is 13.0. The number of hydrogen-bond acceptors (Lipinski definition) is 5. The van der Waals surface area contributed by atoms with Gasteiger partial charge in [0.1, 0.15) is 5.75 Å². The van der Waals surface area contributed by atoms with Gasteiger partial charge in [-0.05, 0) is 31.3 Å². The predicted molar refractivity (Wildman–Crippen MR) is 118 cm³/mol. The van der Waals surface area contributed by atoms with Crippen LogP contribution in [0.15, 0.2) is 48.5 Å². The third-order valence-corrected chi connectivity index (χ3v) is 5.88. The van der Waals surface area contributed by atoms with Crippen LogP contribution in [0.4, 0.5) is 17.1 Å². The maximum atomic E-state index is 13.0. The summed E-state index contributed by atoms with van der Waals surface area (Å²) < 4.78 is 5.38. The van der Waals surface area contributed by atoms with Gasteiger partial charge in [0.25, 0.3) is 0 Å². The van der Waals surface area contributed by atoms with Crippen molar-refractivity contribution >= 4 is 28.9 Å². The third-order valence-electron chi connectivity index (χ3n) is 5.88. The standard InChI is InChI=1S/C23H28N4O3/c1-25-11-13-26(14-12-25)19-8-4-3-7-18(19)24-23(29)17-15-22(28)27(16-17)20-9-5-6-10-21(20)30-2/h3-10,17H,11-16H2,1-2H3,(H,24,29). The molecule has 7 heteroatoms. The van der Waals surface area contributed by atoms with Crippen molar-refractivity contribution in [3.05, 3.63) is 48.5 Å². The number of para-hydroxylation sites is 4. The van der Waals surface area contributed by atoms with Crippen LogP contribution in [-0.2, 0) is 9.59 Å². The minimum Gasteiger partial charge on any atom is -0.495 e. The number of piperazine rings is 1. The molecule has 7 nitrogen and oxygen atoms in total. The molecule has 2 aromatic carbocycles. The Kier molecular flexibility index (Phi) is 5.90. The van der Waals surface area contributed by atoms with Crippen LogP contribution in [0.25, 0.3) is 0 Å². The van der Waals surface area contributed by atoms with Gasteiger partial charge in [-0.1, -0.05) is 24.3 Å². The molecule has 2 amide bonds. The molecule has 1 unspecified atom stereocenters. The Hall–Kier alpha value is -3.06. The molecule has 1 N–H and O–H groups in total. The summed E-state index contributed by atoms with van der Waals surface area (Å²) in [4.78, 5) is 31.9. The predicted octanol–water partition coefficient (Wildman–Crippen LogP) is 2.44. The topological polar surface area (TPSA) is 65.1 Å². The van der Waals surface area contributed by atoms with E-state index in [9.17, 15) is 9.59 Å². The molecule has 4 rings (SSSR count). The molecule has 0 saturated carbocycles. The number of rotatable bonds is 5. The van der Waals surface area contributed by atoms with Crippen LogP contribution >= 0.6 is 0 Å². The fraction of sp³-hybridized carbons (Fsp3) is 0.391. The maximum Gasteiger partial charge on any atom is 0.229 e. The van der Waals surface area contributed by atoms with Crippen LogP contribution in [0, 0.1) is 5.92 Å². The van der Waals surface area contributed by atoms with Gasteiger partial charge < -0.3 is 24.8 Å². The van der Waals surface area contributed by atoms with E-state index in [1.54, 1.807) is 12.0 Å². The minimum absolute atomic E-state index is 0.0630. The van der Waals surface area contributed by atoms with Crippen LogP contribution in [0.3, 0.4) is 0 Å². The van der Waals surface area contributed by atoms with Gasteiger partial charge in [-0.2, -0.15) is 0 Å². The second-order valence-corrected chi connectivity index (χ2v) is 7.87. The summed E-state index contributed by atoms with van der Waals surface area (Å²) in [5.74, 6) is 0.0459. The van der Waals surface area contributed by atoms with Gasteiger partial charge in [0.05, 0.1) is 30.1 Å². The lowest BCUT2D eigenvalue weighted by atomic mass is 10.1. The normalized spacial score (nSPS) is 19.8. The van der Waals surface area contributed by atoms with E-state index in [2.05, 4.69) is 22.2 Å². The molecular formula is C23H28N4O3. The van der Waals surface area contributed by atoms with Crippen LogP contribution in [-0.4, -0.2) is 63.6 Å². The second kappa shape index (κ2) is 8.75. The van der Waals surface area contributed by atoms with Crippen molar-refractivity contribution in [2.24, 2.45) is 5.92 Å². The lowest BCUT2D eigenvalue weighted by Crippen LogP contribution is -2.44. The van der Waals surface area contributed by atoms with Gasteiger partial charge in [-0.15, -0.1) is 0 Å². The summed E-state index contributed by atoms with van der Waals surface area (Å²) in [5, 5.41) is 3.08. The second-order valence-electron chi connectivity index (χ2n) is 7.87. The molecular weight excluding hydrogens is 380 g/mol. The fourth-order valence-corrected chi connectivity index (χ4v) is 4.11. The molecule has 0 aliphatic carbocycles. The lowest BCUT2D eigenvalue weighted by molar-refractivity contribution is -0.122. The van der Waals surface area contributed by atoms with E-state index in [-0.39, 0.29) is 18.2 Å². The number of carbonyl (C=O) groups excluding carboxylic acids is 2. The number of benzene rings is 2. The molecule has 0 aromatic heterocycles. The molecule has 158 valence electrons. The fourth-order valence-electron chi connectivity index (χ4n) is 4.11. The lowest BCUT2D eigenvalue weighted by Gasteiger charge is -2.35. The molecule has 2 saturated heterocycles. The summed E-state index contributed by atoms with van der Waals surface area (Å²) in [7, 11) is 3.70. The van der Waals surface area contributed by atoms with Crippen molar-refractivity contribution in [1.29, 1.82) is 0 Å². The first-order valence-electron chi connectivity index (χ1n) is 10.3. The molecule has 2 aliphatic rings. The summed E-state index contributed by atoms with van der Waals surface area (Å²) >= 11 is 0. The molecule has 2 aliphatic heterocycles. The van der Waals surface area contributed by atoms with E-state index in [1.165, 1.54) is 0 Å². The van der Waals surface area contributed by atoms with E-state index in [0.717, 1.165) is 37.6 Å². The SMILES string of the molecule is COc1ccccc1N1CC(C(=O)Nc2ccccc2N2CCN(C)CC2)CC1=O. The number of nitrogens with one attached hydrogen (secondary N) is 1. The van der Waals surface area contributed by atoms with E-state index in [4.69, 9.17) is 4.74 Å². The minimum atomic E-state index is -0.400. The Morgan fingerprint density at radius 2 is 1.67 bits per heavy atom. The number of amides is 2. The first-order chi connectivity index (χ1) is 14.6. The highest BCUT2D eigenvalue weighted by Crippen LogP contribution is 2.34. The number of anilines is 3. The zero-order valence-corrected chi connectivity index (χ0v) is 17.5. The summed E-state index contributed by atoms with van der Waals surface area (Å²) in [6, 6.07) is 15.3. The smallest absolute Gasteiger partial charge is 0.229 e. The Morgan fingerprint density at radius 1 is 1.00 bits per heavy atom. The van der Waals surface area contributed by atoms with Crippen molar-refractivity contribution in [2.75, 3.05) is 62.0 Å². The van der Waals surface area contributed by atoms with Gasteiger partial charge >= 0.3 is 0 Å². The number of carbonyl (C=O) groups is 2. The van der Waals surface area contributed by atoms with Crippen LogP contribution < -0.4 is 19.9 Å². The van der Waals surface area contributed by atoms with Crippen molar-refractivity contribution < 1.29 is 14.3 Å². The molecule has 0 radical (unpaired) electrons. The van der Waals surface area contributed by atoms with Gasteiger partial charge in [-0.3, -0.25) is 9.59 Å². The van der Waals surface area contributed by atoms with Crippen molar-refractivity contribution in [3.63, 3.8) is 0 Å². The Labute approximate surface area is 177 Å². The number of ether oxygens (including phenoxy) is 1. The highest BCUT2D eigenvalue weighted by molar-refractivity contribution is 6.05. The monoisotopic (exact) mass is 408 g/mol. The molecule has 2 aromatic rings. The zero-order chi connectivity index (χ0) is 21.1. The summed E-state index contributed by atoms with van der Waals surface area (Å²) in [6.45, 7) is 4.18. The van der Waals surface area contributed by atoms with Crippen LogP contribution in [0.1, 0.15) is 6.42 Å². The van der Waals surface area contributed by atoms with E-state index >= 15 is 0 Å². The van der Waals surface area contributed by atoms with Gasteiger partial charge in [-0.25, -0.2) is 0 Å². The van der Waals surface area contributed by atoms with Crippen molar-refractivity contribution in [2.45, 2.75) is 6.42 Å². The Morgan fingerprint density at radius 3 is 2.40 bits per heavy atom. The Bertz CT molecular complexity index is 924. The van der Waals surface area contributed by atoms with Gasteiger partial charge in [0, 0.05) is 39.1 Å². The van der Waals surface area contributed by atoms with E-state index < -0.39 is 5.92 Å². The third kappa shape index (κ3) is 4.11. The van der Waals surface area contributed by atoms with E-state index in [0.29, 0.717) is 18.0 Å². The highest BCUT2D eigenvalue weighted by atomic mass is 16.5.